The first-order valence-electron chi connectivity index (χ1n) is 5.57. The number of nitrogens with zero attached hydrogens (tertiary/aromatic N) is 3. The van der Waals surface area contributed by atoms with Gasteiger partial charge in [0.2, 0.25) is 5.28 Å². The summed E-state index contributed by atoms with van der Waals surface area (Å²) in [5, 5.41) is 0.00721. The zero-order chi connectivity index (χ0) is 13.7. The predicted octanol–water partition coefficient (Wildman–Crippen LogP) is 2.72. The van der Waals surface area contributed by atoms with Crippen LogP contribution >= 0.6 is 11.6 Å². The average molecular weight is 282 g/mol. The molecule has 7 heteroatoms. The Bertz CT molecular complexity index is 548. The summed E-state index contributed by atoms with van der Waals surface area (Å²) in [6.45, 7) is 2.53. The Morgan fingerprint density at radius 1 is 1.00 bits per heavy atom. The van der Waals surface area contributed by atoms with Crippen LogP contribution in [-0.4, -0.2) is 28.7 Å². The van der Waals surface area contributed by atoms with Crippen molar-refractivity contribution < 1.29 is 14.2 Å². The van der Waals surface area contributed by atoms with Crippen LogP contribution in [-0.2, 0) is 0 Å². The highest BCUT2D eigenvalue weighted by molar-refractivity contribution is 6.28. The van der Waals surface area contributed by atoms with Crippen molar-refractivity contribution in [1.29, 1.82) is 0 Å². The minimum atomic E-state index is 0.00721. The first-order chi connectivity index (χ1) is 9.21. The minimum Gasteiger partial charge on any atom is -0.494 e. The van der Waals surface area contributed by atoms with Gasteiger partial charge in [0.1, 0.15) is 11.5 Å². The van der Waals surface area contributed by atoms with Crippen LogP contribution in [0.4, 0.5) is 0 Å². The molecule has 0 spiro atoms. The molecule has 0 aliphatic heterocycles. The van der Waals surface area contributed by atoms with E-state index in [0.717, 1.165) is 5.75 Å². The largest absolute Gasteiger partial charge is 0.494 e. The maximum Gasteiger partial charge on any atom is 0.329 e. The maximum atomic E-state index is 5.72. The van der Waals surface area contributed by atoms with Crippen LogP contribution in [0.3, 0.4) is 0 Å². The molecule has 1 heterocycles. The van der Waals surface area contributed by atoms with Crippen molar-refractivity contribution in [3.05, 3.63) is 29.5 Å². The van der Waals surface area contributed by atoms with Gasteiger partial charge in [-0.15, -0.1) is 4.98 Å². The number of halogens is 1. The van der Waals surface area contributed by atoms with E-state index in [-0.39, 0.29) is 17.3 Å². The molecule has 0 aliphatic carbocycles. The minimum absolute atomic E-state index is 0.00721. The van der Waals surface area contributed by atoms with Crippen LogP contribution in [0.5, 0.6) is 23.5 Å². The van der Waals surface area contributed by atoms with Crippen LogP contribution in [0.2, 0.25) is 5.28 Å². The van der Waals surface area contributed by atoms with Gasteiger partial charge in [0.05, 0.1) is 13.7 Å². The van der Waals surface area contributed by atoms with E-state index in [9.17, 15) is 0 Å². The highest BCUT2D eigenvalue weighted by Gasteiger charge is 2.07. The van der Waals surface area contributed by atoms with Crippen molar-refractivity contribution >= 4 is 11.6 Å². The molecule has 0 atom stereocenters. The van der Waals surface area contributed by atoms with E-state index < -0.39 is 0 Å². The molecule has 1 aromatic carbocycles. The Morgan fingerprint density at radius 2 is 1.63 bits per heavy atom. The molecule has 0 saturated heterocycles. The van der Waals surface area contributed by atoms with Crippen LogP contribution in [0, 0.1) is 0 Å². The standard InChI is InChI=1S/C12H12ClN3O3/c1-3-18-8-4-6-9(7-5-8)19-12-15-10(13)14-11(16-12)17-2/h4-7H,3H2,1-2H3. The van der Waals surface area contributed by atoms with Crippen molar-refractivity contribution in [1.82, 2.24) is 15.0 Å². The molecule has 1 aromatic heterocycles. The summed E-state index contributed by atoms with van der Waals surface area (Å²) in [5.41, 5.74) is 0. The number of methoxy groups -OCH3 is 1. The van der Waals surface area contributed by atoms with Gasteiger partial charge in [-0.05, 0) is 42.8 Å². The second kappa shape index (κ2) is 6.19. The summed E-state index contributed by atoms with van der Waals surface area (Å²) >= 11 is 5.72. The van der Waals surface area contributed by atoms with Gasteiger partial charge in [0, 0.05) is 0 Å². The zero-order valence-electron chi connectivity index (χ0n) is 10.5. The second-order valence-corrected chi connectivity index (χ2v) is 3.72. The van der Waals surface area contributed by atoms with Crippen LogP contribution in [0.1, 0.15) is 6.92 Å². The maximum absolute atomic E-state index is 5.72. The topological polar surface area (TPSA) is 66.4 Å². The Morgan fingerprint density at radius 3 is 2.26 bits per heavy atom. The third-order valence-corrected chi connectivity index (χ3v) is 2.26. The molecule has 0 radical (unpaired) electrons. The highest BCUT2D eigenvalue weighted by Crippen LogP contribution is 2.23. The van der Waals surface area contributed by atoms with E-state index in [1.807, 2.05) is 6.92 Å². The highest BCUT2D eigenvalue weighted by atomic mass is 35.5. The fourth-order valence-electron chi connectivity index (χ4n) is 1.33. The summed E-state index contributed by atoms with van der Waals surface area (Å²) in [7, 11) is 1.44. The molecule has 100 valence electrons. The van der Waals surface area contributed by atoms with Gasteiger partial charge in [-0.3, -0.25) is 0 Å². The molecule has 0 N–H and O–H groups in total. The number of aromatic nitrogens is 3. The predicted molar refractivity (Wildman–Crippen MR) is 69.1 cm³/mol. The third kappa shape index (κ3) is 3.69. The van der Waals surface area contributed by atoms with Gasteiger partial charge in [0.25, 0.3) is 0 Å². The quantitative estimate of drug-likeness (QED) is 0.839. The molecule has 0 saturated carbocycles. The number of benzene rings is 1. The summed E-state index contributed by atoms with van der Waals surface area (Å²) < 4.78 is 15.7. The summed E-state index contributed by atoms with van der Waals surface area (Å²) in [6, 6.07) is 7.24. The zero-order valence-corrected chi connectivity index (χ0v) is 11.2. The molecule has 2 aromatic rings. The summed E-state index contributed by atoms with van der Waals surface area (Å²) in [4.78, 5) is 11.5. The Hall–Kier alpha value is -2.08. The van der Waals surface area contributed by atoms with E-state index in [1.54, 1.807) is 24.3 Å². The number of rotatable bonds is 5. The normalized spacial score (nSPS) is 10.1. The smallest absolute Gasteiger partial charge is 0.329 e. The SMILES string of the molecule is CCOc1ccc(Oc2nc(Cl)nc(OC)n2)cc1. The van der Waals surface area contributed by atoms with Gasteiger partial charge in [0.15, 0.2) is 0 Å². The number of hydrogen-bond acceptors (Lipinski definition) is 6. The van der Waals surface area contributed by atoms with Crippen molar-refractivity contribution in [2.24, 2.45) is 0 Å². The van der Waals surface area contributed by atoms with E-state index >= 15 is 0 Å². The van der Waals surface area contributed by atoms with Crippen molar-refractivity contribution in [2.45, 2.75) is 6.92 Å². The molecule has 0 amide bonds. The van der Waals surface area contributed by atoms with Gasteiger partial charge >= 0.3 is 12.0 Å². The molecule has 0 fully saturated rings. The number of hydrogen-bond donors (Lipinski definition) is 0. The first-order valence-corrected chi connectivity index (χ1v) is 5.95. The molecule has 2 rings (SSSR count). The van der Waals surface area contributed by atoms with Crippen LogP contribution in [0.15, 0.2) is 24.3 Å². The lowest BCUT2D eigenvalue weighted by Gasteiger charge is -2.06. The van der Waals surface area contributed by atoms with E-state index in [2.05, 4.69) is 15.0 Å². The Kier molecular flexibility index (Phi) is 4.35. The summed E-state index contributed by atoms with van der Waals surface area (Å²) in [6.07, 6.45) is 0. The molecule has 0 aliphatic rings. The van der Waals surface area contributed by atoms with E-state index in [1.165, 1.54) is 7.11 Å². The first kappa shape index (κ1) is 13.4. The lowest BCUT2D eigenvalue weighted by molar-refractivity contribution is 0.338. The van der Waals surface area contributed by atoms with Crippen molar-refractivity contribution in [3.63, 3.8) is 0 Å². The fraction of sp³-hybridized carbons (Fsp3) is 0.250. The summed E-state index contributed by atoms with van der Waals surface area (Å²) in [5.74, 6) is 1.33. The second-order valence-electron chi connectivity index (χ2n) is 3.38. The monoisotopic (exact) mass is 281 g/mol. The van der Waals surface area contributed by atoms with E-state index in [0.29, 0.717) is 12.4 Å². The van der Waals surface area contributed by atoms with Gasteiger partial charge < -0.3 is 14.2 Å². The third-order valence-electron chi connectivity index (χ3n) is 2.09. The fourth-order valence-corrected chi connectivity index (χ4v) is 1.47. The molecule has 0 unspecified atom stereocenters. The average Bonchev–Trinajstić information content (AvgIpc) is 2.40. The lowest BCUT2D eigenvalue weighted by Crippen LogP contribution is -1.98. The van der Waals surface area contributed by atoms with E-state index in [4.69, 9.17) is 25.8 Å². The Balaban J connectivity index is 2.14. The molecule has 19 heavy (non-hydrogen) atoms. The van der Waals surface area contributed by atoms with Crippen molar-refractivity contribution in [3.8, 4) is 23.5 Å². The van der Waals surface area contributed by atoms with Crippen LogP contribution < -0.4 is 14.2 Å². The lowest BCUT2D eigenvalue weighted by atomic mass is 10.3. The van der Waals surface area contributed by atoms with Gasteiger partial charge in [-0.2, -0.15) is 9.97 Å². The van der Waals surface area contributed by atoms with Gasteiger partial charge in [-0.25, -0.2) is 0 Å². The van der Waals surface area contributed by atoms with Gasteiger partial charge in [-0.1, -0.05) is 0 Å². The molecule has 6 nitrogen and oxygen atoms in total. The molecular formula is C12H12ClN3O3. The molecule has 0 bridgehead atoms. The van der Waals surface area contributed by atoms with Crippen LogP contribution in [0.25, 0.3) is 0 Å². The Labute approximate surface area is 115 Å². The number of ether oxygens (including phenoxy) is 3. The molecular weight excluding hydrogens is 270 g/mol. The van der Waals surface area contributed by atoms with Crippen molar-refractivity contribution in [2.75, 3.05) is 13.7 Å².